The summed E-state index contributed by atoms with van der Waals surface area (Å²) in [5, 5.41) is 7.52. The lowest BCUT2D eigenvalue weighted by Crippen LogP contribution is -2.38. The molecule has 2 aromatic rings. The summed E-state index contributed by atoms with van der Waals surface area (Å²) in [4.78, 5) is 6.43. The Morgan fingerprint density at radius 1 is 1.43 bits per heavy atom. The second kappa shape index (κ2) is 6.80. The number of hydrogen-bond donors (Lipinski definition) is 1. The van der Waals surface area contributed by atoms with Gasteiger partial charge in [0.25, 0.3) is 0 Å². The lowest BCUT2D eigenvalue weighted by Gasteiger charge is -2.22. The van der Waals surface area contributed by atoms with Gasteiger partial charge in [0.05, 0.1) is 18.8 Å². The van der Waals surface area contributed by atoms with E-state index >= 15 is 0 Å². The Bertz CT molecular complexity index is 627. The molecule has 0 saturated heterocycles. The summed E-state index contributed by atoms with van der Waals surface area (Å²) in [5.74, 6) is 0.855. The summed E-state index contributed by atoms with van der Waals surface area (Å²) in [6.45, 7) is 1.48. The van der Waals surface area contributed by atoms with Gasteiger partial charge in [0.1, 0.15) is 0 Å². The smallest absolute Gasteiger partial charge is 0.194 e. The second-order valence-corrected chi connectivity index (χ2v) is 5.88. The predicted molar refractivity (Wildman–Crippen MR) is 88.0 cm³/mol. The summed E-state index contributed by atoms with van der Waals surface area (Å²) in [7, 11) is 7.80. The molecule has 0 atom stereocenters. The molecular weight excluding hydrogens is 332 g/mol. The van der Waals surface area contributed by atoms with Gasteiger partial charge in [-0.15, -0.1) is 0 Å². The third-order valence-electron chi connectivity index (χ3n) is 3.40. The third kappa shape index (κ3) is 3.87. The van der Waals surface area contributed by atoms with Crippen molar-refractivity contribution < 1.29 is 0 Å². The standard InChI is InChI=1S/C14H21BrN6/c1-16-14(17-8-12-5-6-18-21(12)4)20(3)10-13-7-11(15)9-19(13)2/h5-7,9H,8,10H2,1-4H3,(H,16,17). The molecule has 0 spiro atoms. The van der Waals surface area contributed by atoms with E-state index in [4.69, 9.17) is 0 Å². The normalized spacial score (nSPS) is 11.8. The van der Waals surface area contributed by atoms with Crippen LogP contribution < -0.4 is 5.32 Å². The van der Waals surface area contributed by atoms with Gasteiger partial charge in [-0.2, -0.15) is 5.10 Å². The van der Waals surface area contributed by atoms with Crippen molar-refractivity contribution in [2.45, 2.75) is 13.1 Å². The van der Waals surface area contributed by atoms with Crippen molar-refractivity contribution >= 4 is 21.9 Å². The number of aryl methyl sites for hydroxylation is 2. The first-order valence-electron chi connectivity index (χ1n) is 6.70. The second-order valence-electron chi connectivity index (χ2n) is 4.96. The molecule has 2 aromatic heterocycles. The Labute approximate surface area is 133 Å². The van der Waals surface area contributed by atoms with Crippen LogP contribution in [0.25, 0.3) is 0 Å². The van der Waals surface area contributed by atoms with Crippen molar-refractivity contribution in [3.8, 4) is 0 Å². The maximum absolute atomic E-state index is 4.33. The van der Waals surface area contributed by atoms with Gasteiger partial charge in [-0.3, -0.25) is 9.67 Å². The van der Waals surface area contributed by atoms with E-state index in [2.05, 4.69) is 53.1 Å². The highest BCUT2D eigenvalue weighted by Crippen LogP contribution is 2.14. The van der Waals surface area contributed by atoms with E-state index in [0.717, 1.165) is 22.7 Å². The van der Waals surface area contributed by atoms with Crippen molar-refractivity contribution in [2.75, 3.05) is 14.1 Å². The van der Waals surface area contributed by atoms with E-state index < -0.39 is 0 Å². The zero-order valence-corrected chi connectivity index (χ0v) is 14.4. The van der Waals surface area contributed by atoms with Crippen LogP contribution in [0.5, 0.6) is 0 Å². The molecule has 0 fully saturated rings. The number of rotatable bonds is 4. The van der Waals surface area contributed by atoms with E-state index in [1.165, 1.54) is 5.69 Å². The number of aromatic nitrogens is 3. The Kier molecular flexibility index (Phi) is 5.06. The maximum atomic E-state index is 4.33. The molecule has 21 heavy (non-hydrogen) atoms. The maximum Gasteiger partial charge on any atom is 0.194 e. The van der Waals surface area contributed by atoms with Gasteiger partial charge in [-0.05, 0) is 28.1 Å². The highest BCUT2D eigenvalue weighted by atomic mass is 79.9. The highest BCUT2D eigenvalue weighted by molar-refractivity contribution is 9.10. The van der Waals surface area contributed by atoms with Crippen LogP contribution >= 0.6 is 15.9 Å². The van der Waals surface area contributed by atoms with Crippen molar-refractivity contribution in [3.63, 3.8) is 0 Å². The van der Waals surface area contributed by atoms with Crippen LogP contribution in [0.3, 0.4) is 0 Å². The molecule has 2 heterocycles. The fourth-order valence-electron chi connectivity index (χ4n) is 2.17. The van der Waals surface area contributed by atoms with Gasteiger partial charge in [-0.1, -0.05) is 0 Å². The summed E-state index contributed by atoms with van der Waals surface area (Å²) in [6.07, 6.45) is 3.85. The monoisotopic (exact) mass is 352 g/mol. The molecule has 1 N–H and O–H groups in total. The first-order valence-corrected chi connectivity index (χ1v) is 7.50. The number of nitrogens with one attached hydrogen (secondary N) is 1. The van der Waals surface area contributed by atoms with Gasteiger partial charge < -0.3 is 14.8 Å². The number of aliphatic imine (C=N–C) groups is 1. The molecule has 0 bridgehead atoms. The van der Waals surface area contributed by atoms with Gasteiger partial charge in [0, 0.05) is 50.8 Å². The zero-order valence-electron chi connectivity index (χ0n) is 12.8. The van der Waals surface area contributed by atoms with Gasteiger partial charge in [0.15, 0.2) is 5.96 Å². The molecule has 0 saturated carbocycles. The van der Waals surface area contributed by atoms with Crippen LogP contribution in [-0.2, 0) is 27.2 Å². The molecule has 0 aromatic carbocycles. The lowest BCUT2D eigenvalue weighted by atomic mass is 10.4. The SMILES string of the molecule is CN=C(NCc1ccnn1C)N(C)Cc1cc(Br)cn1C. The van der Waals surface area contributed by atoms with Crippen molar-refractivity contribution in [1.82, 2.24) is 24.6 Å². The molecule has 0 aliphatic carbocycles. The molecule has 0 unspecified atom stereocenters. The summed E-state index contributed by atoms with van der Waals surface area (Å²) >= 11 is 3.50. The Morgan fingerprint density at radius 2 is 2.19 bits per heavy atom. The highest BCUT2D eigenvalue weighted by Gasteiger charge is 2.10. The van der Waals surface area contributed by atoms with E-state index in [1.807, 2.05) is 31.9 Å². The van der Waals surface area contributed by atoms with Crippen LogP contribution in [0.15, 0.2) is 34.0 Å². The third-order valence-corrected chi connectivity index (χ3v) is 3.83. The average molecular weight is 353 g/mol. The number of halogens is 1. The molecule has 2 rings (SSSR count). The van der Waals surface area contributed by atoms with E-state index in [9.17, 15) is 0 Å². The number of guanidine groups is 1. The molecule has 6 nitrogen and oxygen atoms in total. The largest absolute Gasteiger partial charge is 0.352 e. The molecule has 0 radical (unpaired) electrons. The minimum Gasteiger partial charge on any atom is -0.352 e. The van der Waals surface area contributed by atoms with Crippen LogP contribution in [-0.4, -0.2) is 39.3 Å². The molecule has 0 amide bonds. The predicted octanol–water partition coefficient (Wildman–Crippen LogP) is 1.73. The van der Waals surface area contributed by atoms with Crippen molar-refractivity contribution in [2.24, 2.45) is 19.1 Å². The topological polar surface area (TPSA) is 50.4 Å². The number of nitrogens with zero attached hydrogens (tertiary/aromatic N) is 5. The lowest BCUT2D eigenvalue weighted by molar-refractivity contribution is 0.460. The first-order chi connectivity index (χ1) is 10.0. The average Bonchev–Trinajstić information content (AvgIpc) is 2.97. The molecule has 0 aliphatic heterocycles. The van der Waals surface area contributed by atoms with E-state index in [-0.39, 0.29) is 0 Å². The van der Waals surface area contributed by atoms with Gasteiger partial charge in [-0.25, -0.2) is 0 Å². The number of hydrogen-bond acceptors (Lipinski definition) is 2. The Balaban J connectivity index is 1.97. The Morgan fingerprint density at radius 3 is 2.71 bits per heavy atom. The fourth-order valence-corrected chi connectivity index (χ4v) is 2.74. The van der Waals surface area contributed by atoms with Crippen LogP contribution in [0.2, 0.25) is 0 Å². The Hall–Kier alpha value is -1.76. The van der Waals surface area contributed by atoms with E-state index in [1.54, 1.807) is 13.2 Å². The van der Waals surface area contributed by atoms with Crippen LogP contribution in [0.4, 0.5) is 0 Å². The quantitative estimate of drug-likeness (QED) is 0.673. The molecule has 0 aliphatic rings. The summed E-state index contributed by atoms with van der Waals surface area (Å²) < 4.78 is 5.05. The summed E-state index contributed by atoms with van der Waals surface area (Å²) in [5.41, 5.74) is 2.33. The van der Waals surface area contributed by atoms with Gasteiger partial charge >= 0.3 is 0 Å². The fraction of sp³-hybridized carbons (Fsp3) is 0.429. The zero-order chi connectivity index (χ0) is 15.4. The molecule has 7 heteroatoms. The molecule has 114 valence electrons. The molecular formula is C14H21BrN6. The van der Waals surface area contributed by atoms with Crippen molar-refractivity contribution in [1.29, 1.82) is 0 Å². The first kappa shape index (κ1) is 15.6. The van der Waals surface area contributed by atoms with Crippen LogP contribution in [0.1, 0.15) is 11.4 Å². The van der Waals surface area contributed by atoms with Gasteiger partial charge in [0.2, 0.25) is 0 Å². The van der Waals surface area contributed by atoms with Crippen molar-refractivity contribution in [3.05, 3.63) is 40.4 Å². The minimum atomic E-state index is 0.699. The summed E-state index contributed by atoms with van der Waals surface area (Å²) in [6, 6.07) is 4.11. The van der Waals surface area contributed by atoms with E-state index in [0.29, 0.717) is 6.54 Å². The minimum absolute atomic E-state index is 0.699. The van der Waals surface area contributed by atoms with Crippen LogP contribution in [0, 0.1) is 0 Å².